The number of nitrogens with zero attached hydrogens (tertiary/aromatic N) is 1. The molecule has 2 atom stereocenters. The third-order valence-electron chi connectivity index (χ3n) is 8.33. The Kier molecular flexibility index (Phi) is 8.43. The molecule has 0 spiro atoms. The first-order valence-corrected chi connectivity index (χ1v) is 14.6. The maximum Gasteiger partial charge on any atom is 0.255 e. The molecule has 2 amide bonds. The van der Waals surface area contributed by atoms with E-state index in [9.17, 15) is 14.0 Å². The zero-order valence-electron chi connectivity index (χ0n) is 24.2. The number of nitrogens with one attached hydrogen (secondary N) is 2. The summed E-state index contributed by atoms with van der Waals surface area (Å²) in [6.45, 7) is 7.93. The van der Waals surface area contributed by atoms with Crippen LogP contribution in [-0.4, -0.2) is 38.0 Å². The van der Waals surface area contributed by atoms with Crippen LogP contribution in [0.4, 0.5) is 10.1 Å². The second-order valence-electron chi connectivity index (χ2n) is 10.9. The molecule has 1 saturated carbocycles. The highest BCUT2D eigenvalue weighted by Gasteiger charge is 2.26. The molecule has 1 aliphatic carbocycles. The third-order valence-corrected chi connectivity index (χ3v) is 8.33. The molecule has 0 saturated heterocycles. The highest BCUT2D eigenvalue weighted by molar-refractivity contribution is 6.13. The summed E-state index contributed by atoms with van der Waals surface area (Å²) in [5, 5.41) is 6.65. The van der Waals surface area contributed by atoms with E-state index >= 15 is 0 Å². The van der Waals surface area contributed by atoms with Crippen LogP contribution in [0.2, 0.25) is 0 Å². The molecular formula is C34H38FN3O3. The van der Waals surface area contributed by atoms with Crippen LogP contribution in [-0.2, 0) is 0 Å². The fraction of sp³-hybridized carbons (Fsp3) is 0.353. The van der Waals surface area contributed by atoms with Crippen molar-refractivity contribution in [3.63, 3.8) is 0 Å². The molecule has 0 radical (unpaired) electrons. The van der Waals surface area contributed by atoms with Crippen molar-refractivity contribution in [1.82, 2.24) is 10.6 Å². The van der Waals surface area contributed by atoms with E-state index in [2.05, 4.69) is 36.3 Å². The lowest BCUT2D eigenvalue weighted by Gasteiger charge is -2.29. The molecule has 1 aromatic heterocycles. The van der Waals surface area contributed by atoms with Crippen LogP contribution >= 0.6 is 0 Å². The first-order valence-electron chi connectivity index (χ1n) is 14.6. The fourth-order valence-corrected chi connectivity index (χ4v) is 5.95. The predicted octanol–water partition coefficient (Wildman–Crippen LogP) is 7.42. The van der Waals surface area contributed by atoms with Crippen LogP contribution in [0, 0.1) is 11.7 Å². The molecule has 214 valence electrons. The largest absolute Gasteiger partial charge is 0.455 e. The van der Waals surface area contributed by atoms with Crippen molar-refractivity contribution in [2.24, 2.45) is 5.92 Å². The number of furan rings is 1. The number of benzene rings is 3. The number of carbonyl (C=O) groups excluding carboxylic acids is 2. The van der Waals surface area contributed by atoms with Gasteiger partial charge in [0.15, 0.2) is 0 Å². The summed E-state index contributed by atoms with van der Waals surface area (Å²) in [5.74, 6) is 0.131. The third kappa shape index (κ3) is 5.71. The van der Waals surface area contributed by atoms with E-state index in [1.165, 1.54) is 18.6 Å². The second-order valence-corrected chi connectivity index (χ2v) is 10.9. The van der Waals surface area contributed by atoms with Crippen molar-refractivity contribution < 1.29 is 18.4 Å². The summed E-state index contributed by atoms with van der Waals surface area (Å²) >= 11 is 0. The van der Waals surface area contributed by atoms with Gasteiger partial charge < -0.3 is 20.0 Å². The Morgan fingerprint density at radius 3 is 2.37 bits per heavy atom. The van der Waals surface area contributed by atoms with Gasteiger partial charge in [-0.15, -0.1) is 0 Å². The number of carbonyl (C=O) groups is 2. The van der Waals surface area contributed by atoms with Gasteiger partial charge in [0.2, 0.25) is 0 Å². The molecule has 7 heteroatoms. The Hall–Kier alpha value is -4.13. The minimum absolute atomic E-state index is 0.0657. The molecule has 0 aliphatic heterocycles. The van der Waals surface area contributed by atoms with Crippen LogP contribution in [0.1, 0.15) is 67.2 Å². The van der Waals surface area contributed by atoms with Gasteiger partial charge in [-0.3, -0.25) is 9.59 Å². The average molecular weight is 556 g/mol. The number of amides is 2. The van der Waals surface area contributed by atoms with Gasteiger partial charge in [0.1, 0.15) is 17.2 Å². The van der Waals surface area contributed by atoms with Gasteiger partial charge in [-0.05, 0) is 80.6 Å². The molecular weight excluding hydrogens is 517 g/mol. The number of hydrogen-bond acceptors (Lipinski definition) is 4. The Morgan fingerprint density at radius 2 is 1.68 bits per heavy atom. The molecule has 41 heavy (non-hydrogen) atoms. The molecule has 1 heterocycles. The first kappa shape index (κ1) is 28.4. The van der Waals surface area contributed by atoms with Crippen molar-refractivity contribution in [2.45, 2.75) is 52.5 Å². The zero-order chi connectivity index (χ0) is 29.1. The van der Waals surface area contributed by atoms with E-state index in [1.807, 2.05) is 36.4 Å². The lowest BCUT2D eigenvalue weighted by atomic mass is 9.86. The van der Waals surface area contributed by atoms with Crippen LogP contribution in [0.3, 0.4) is 0 Å². The van der Waals surface area contributed by atoms with E-state index in [0.29, 0.717) is 39.3 Å². The lowest BCUT2D eigenvalue weighted by molar-refractivity contribution is 0.0909. The Bertz CT molecular complexity index is 1560. The van der Waals surface area contributed by atoms with E-state index in [0.717, 1.165) is 49.2 Å². The number of rotatable bonds is 8. The topological polar surface area (TPSA) is 74.6 Å². The molecule has 2 unspecified atom stereocenters. The number of fused-ring (bicyclic) bond motifs is 1. The molecule has 0 bridgehead atoms. The lowest BCUT2D eigenvalue weighted by Crippen LogP contribution is -2.41. The molecule has 4 aromatic rings. The van der Waals surface area contributed by atoms with Gasteiger partial charge in [0.05, 0.1) is 5.56 Å². The second kappa shape index (κ2) is 12.2. The number of anilines is 1. The van der Waals surface area contributed by atoms with Gasteiger partial charge in [-0.25, -0.2) is 4.39 Å². The summed E-state index contributed by atoms with van der Waals surface area (Å²) in [4.78, 5) is 28.7. The predicted molar refractivity (Wildman–Crippen MR) is 163 cm³/mol. The smallest absolute Gasteiger partial charge is 0.255 e. The van der Waals surface area contributed by atoms with Crippen molar-refractivity contribution >= 4 is 28.5 Å². The van der Waals surface area contributed by atoms with Crippen molar-refractivity contribution in [1.29, 1.82) is 0 Å². The van der Waals surface area contributed by atoms with E-state index < -0.39 is 0 Å². The zero-order valence-corrected chi connectivity index (χ0v) is 24.2. The standard InChI is InChI=1S/C34H38FN3O3/c1-5-38(6-2)29-20-30-27(31(34(40)36-4)32(41-30)22-14-16-25(35)17-15-22)19-26(29)23-11-9-12-24(18-23)33(39)37-28-13-8-7-10-21(28)3/h9,11-12,14-21,28H,5-8,10,13H2,1-4H3,(H,36,40)(H,37,39). The maximum absolute atomic E-state index is 13.7. The summed E-state index contributed by atoms with van der Waals surface area (Å²) in [6.07, 6.45) is 4.50. The molecule has 3 aromatic carbocycles. The summed E-state index contributed by atoms with van der Waals surface area (Å²) in [6, 6.07) is 17.7. The fourth-order valence-electron chi connectivity index (χ4n) is 5.95. The van der Waals surface area contributed by atoms with Gasteiger partial charge in [0.25, 0.3) is 11.8 Å². The average Bonchev–Trinajstić information content (AvgIpc) is 3.37. The summed E-state index contributed by atoms with van der Waals surface area (Å²) < 4.78 is 20.0. The molecule has 2 N–H and O–H groups in total. The molecule has 5 rings (SSSR count). The van der Waals surface area contributed by atoms with Crippen molar-refractivity contribution in [3.05, 3.63) is 77.6 Å². The quantitative estimate of drug-likeness (QED) is 0.237. The number of hydrogen-bond donors (Lipinski definition) is 2. The first-order chi connectivity index (χ1) is 19.8. The van der Waals surface area contributed by atoms with Crippen LogP contribution < -0.4 is 15.5 Å². The minimum atomic E-state index is -0.362. The molecule has 6 nitrogen and oxygen atoms in total. The number of halogens is 1. The molecule has 1 aliphatic rings. The Labute approximate surface area is 240 Å². The SMILES string of the molecule is CCN(CC)c1cc2oc(-c3ccc(F)cc3)c(C(=O)NC)c2cc1-c1cccc(C(=O)NC2CCCCC2C)c1. The van der Waals surface area contributed by atoms with Crippen LogP contribution in [0.15, 0.2) is 65.1 Å². The van der Waals surface area contributed by atoms with Gasteiger partial charge in [-0.1, -0.05) is 31.9 Å². The van der Waals surface area contributed by atoms with E-state index in [-0.39, 0.29) is 23.7 Å². The normalized spacial score (nSPS) is 16.9. The van der Waals surface area contributed by atoms with E-state index in [4.69, 9.17) is 4.42 Å². The summed E-state index contributed by atoms with van der Waals surface area (Å²) in [5.41, 5.74) is 4.91. The van der Waals surface area contributed by atoms with Crippen molar-refractivity contribution in [3.8, 4) is 22.5 Å². The van der Waals surface area contributed by atoms with Crippen LogP contribution in [0.25, 0.3) is 33.4 Å². The maximum atomic E-state index is 13.7. The molecule has 1 fully saturated rings. The summed E-state index contributed by atoms with van der Waals surface area (Å²) in [7, 11) is 1.58. The van der Waals surface area contributed by atoms with E-state index in [1.54, 1.807) is 19.2 Å². The highest BCUT2D eigenvalue weighted by atomic mass is 19.1. The highest BCUT2D eigenvalue weighted by Crippen LogP contribution is 2.41. The van der Waals surface area contributed by atoms with Crippen molar-refractivity contribution in [2.75, 3.05) is 25.0 Å². The van der Waals surface area contributed by atoms with Crippen LogP contribution in [0.5, 0.6) is 0 Å². The van der Waals surface area contributed by atoms with Gasteiger partial charge in [0, 0.05) is 60.0 Å². The Morgan fingerprint density at radius 1 is 0.951 bits per heavy atom. The van der Waals surface area contributed by atoms with Gasteiger partial charge in [-0.2, -0.15) is 0 Å². The monoisotopic (exact) mass is 555 g/mol. The van der Waals surface area contributed by atoms with Gasteiger partial charge >= 0.3 is 0 Å². The minimum Gasteiger partial charge on any atom is -0.455 e. The Balaban J connectivity index is 1.64.